The van der Waals surface area contributed by atoms with E-state index in [9.17, 15) is 4.57 Å². The van der Waals surface area contributed by atoms with Crippen molar-refractivity contribution in [1.29, 1.82) is 0 Å². The van der Waals surface area contributed by atoms with Crippen LogP contribution in [0.1, 0.15) is 5.56 Å². The number of aryl methyl sites for hydroxylation is 2. The van der Waals surface area contributed by atoms with Gasteiger partial charge in [0.05, 0.1) is 0 Å². The number of hydrogen-bond acceptors (Lipinski definition) is 2. The molecule has 1 rings (SSSR count). The van der Waals surface area contributed by atoms with Crippen LogP contribution >= 0.6 is 7.14 Å². The van der Waals surface area contributed by atoms with Crippen LogP contribution < -0.4 is 5.44 Å². The minimum absolute atomic E-state index is 0.750. The van der Waals surface area contributed by atoms with E-state index in [-0.39, 0.29) is 0 Å². The normalized spacial score (nSPS) is 12.0. The summed E-state index contributed by atoms with van der Waals surface area (Å²) in [5.41, 5.74) is 1.76. The van der Waals surface area contributed by atoms with E-state index in [2.05, 4.69) is 5.10 Å². The summed E-state index contributed by atoms with van der Waals surface area (Å²) in [5, 5.41) is 4.14. The fourth-order valence-corrected chi connectivity index (χ4v) is 2.39. The molecule has 11 heavy (non-hydrogen) atoms. The van der Waals surface area contributed by atoms with E-state index in [1.165, 1.54) is 0 Å². The highest BCUT2D eigenvalue weighted by Gasteiger charge is 2.17. The predicted octanol–water partition coefficient (Wildman–Crippen LogP) is 0.977. The minimum atomic E-state index is -2.17. The van der Waals surface area contributed by atoms with Crippen LogP contribution in [0.15, 0.2) is 6.20 Å². The lowest BCUT2D eigenvalue weighted by Crippen LogP contribution is -2.08. The fourth-order valence-electron chi connectivity index (χ4n) is 1.13. The van der Waals surface area contributed by atoms with Crippen LogP contribution in [0.4, 0.5) is 0 Å². The Balaban J connectivity index is 3.24. The van der Waals surface area contributed by atoms with Gasteiger partial charge in [0.25, 0.3) is 0 Å². The third-order valence-corrected chi connectivity index (χ3v) is 2.96. The molecule has 0 saturated heterocycles. The van der Waals surface area contributed by atoms with Gasteiger partial charge in [-0.05, 0) is 25.8 Å². The van der Waals surface area contributed by atoms with E-state index in [1.807, 2.05) is 20.2 Å². The van der Waals surface area contributed by atoms with Crippen LogP contribution in [-0.4, -0.2) is 23.1 Å². The van der Waals surface area contributed by atoms with Crippen molar-refractivity contribution >= 4 is 12.6 Å². The Labute approximate surface area is 66.8 Å². The average molecular weight is 172 g/mol. The summed E-state index contributed by atoms with van der Waals surface area (Å²) in [7, 11) is -0.327. The van der Waals surface area contributed by atoms with Gasteiger partial charge >= 0.3 is 0 Å². The molecule has 0 N–H and O–H groups in total. The van der Waals surface area contributed by atoms with Crippen LogP contribution in [0, 0.1) is 6.92 Å². The predicted molar refractivity (Wildman–Crippen MR) is 47.0 cm³/mol. The highest BCUT2D eigenvalue weighted by molar-refractivity contribution is 7.70. The Morgan fingerprint density at radius 1 is 1.55 bits per heavy atom. The SMILES string of the molecule is Cc1cn(C)nc1P(C)(C)=O. The zero-order chi connectivity index (χ0) is 8.65. The third-order valence-electron chi connectivity index (χ3n) is 1.50. The molecule has 0 fully saturated rings. The zero-order valence-electron chi connectivity index (χ0n) is 7.33. The summed E-state index contributed by atoms with van der Waals surface area (Å²) in [6.07, 6.45) is 1.88. The van der Waals surface area contributed by atoms with E-state index in [1.54, 1.807) is 18.0 Å². The van der Waals surface area contributed by atoms with Gasteiger partial charge in [0.2, 0.25) is 0 Å². The first-order valence-electron chi connectivity index (χ1n) is 3.47. The number of rotatable bonds is 1. The molecule has 1 aromatic heterocycles. The summed E-state index contributed by atoms with van der Waals surface area (Å²) in [4.78, 5) is 0. The Kier molecular flexibility index (Phi) is 1.93. The van der Waals surface area contributed by atoms with Crippen molar-refractivity contribution in [3.8, 4) is 0 Å². The first-order valence-corrected chi connectivity index (χ1v) is 6.07. The summed E-state index contributed by atoms with van der Waals surface area (Å²) >= 11 is 0. The van der Waals surface area contributed by atoms with E-state index in [0.717, 1.165) is 11.0 Å². The average Bonchev–Trinajstić information content (AvgIpc) is 2.08. The van der Waals surface area contributed by atoms with Gasteiger partial charge in [0.1, 0.15) is 12.6 Å². The zero-order valence-corrected chi connectivity index (χ0v) is 8.22. The van der Waals surface area contributed by atoms with Crippen molar-refractivity contribution in [2.75, 3.05) is 13.3 Å². The lowest BCUT2D eigenvalue weighted by atomic mass is 10.4. The van der Waals surface area contributed by atoms with Gasteiger partial charge in [-0.3, -0.25) is 4.68 Å². The highest BCUT2D eigenvalue weighted by Crippen LogP contribution is 2.34. The second kappa shape index (κ2) is 2.49. The molecule has 62 valence electrons. The summed E-state index contributed by atoms with van der Waals surface area (Å²) in [6, 6.07) is 0. The first kappa shape index (κ1) is 8.54. The Morgan fingerprint density at radius 2 is 2.09 bits per heavy atom. The highest BCUT2D eigenvalue weighted by atomic mass is 31.2. The van der Waals surface area contributed by atoms with E-state index >= 15 is 0 Å². The van der Waals surface area contributed by atoms with Crippen LogP contribution in [0.3, 0.4) is 0 Å². The van der Waals surface area contributed by atoms with E-state index in [0.29, 0.717) is 0 Å². The molecule has 0 aromatic carbocycles. The first-order chi connectivity index (χ1) is 4.91. The number of aromatic nitrogens is 2. The minimum Gasteiger partial charge on any atom is -0.318 e. The molecular formula is C7H13N2OP. The van der Waals surface area contributed by atoms with Gasteiger partial charge in [-0.2, -0.15) is 5.10 Å². The summed E-state index contributed by atoms with van der Waals surface area (Å²) in [5.74, 6) is 0. The summed E-state index contributed by atoms with van der Waals surface area (Å²) < 4.78 is 13.3. The molecule has 0 amide bonds. The smallest absolute Gasteiger partial charge is 0.129 e. The molecule has 0 bridgehead atoms. The van der Waals surface area contributed by atoms with Crippen molar-refractivity contribution in [1.82, 2.24) is 9.78 Å². The van der Waals surface area contributed by atoms with Crippen molar-refractivity contribution in [3.05, 3.63) is 11.8 Å². The molecule has 1 heterocycles. The van der Waals surface area contributed by atoms with Gasteiger partial charge in [0.15, 0.2) is 0 Å². The van der Waals surface area contributed by atoms with Crippen molar-refractivity contribution in [3.63, 3.8) is 0 Å². The van der Waals surface area contributed by atoms with Gasteiger partial charge in [-0.1, -0.05) is 0 Å². The molecule has 0 unspecified atom stereocenters. The summed E-state index contributed by atoms with van der Waals surface area (Å²) in [6.45, 7) is 5.41. The largest absolute Gasteiger partial charge is 0.318 e. The van der Waals surface area contributed by atoms with Gasteiger partial charge in [-0.25, -0.2) is 0 Å². The maximum atomic E-state index is 11.6. The van der Waals surface area contributed by atoms with E-state index in [4.69, 9.17) is 0 Å². The molecule has 0 aliphatic carbocycles. The van der Waals surface area contributed by atoms with Crippen LogP contribution in [-0.2, 0) is 11.6 Å². The molecule has 0 radical (unpaired) electrons. The molecule has 4 heteroatoms. The van der Waals surface area contributed by atoms with Crippen molar-refractivity contribution in [2.45, 2.75) is 6.92 Å². The molecule has 0 saturated carbocycles. The van der Waals surface area contributed by atoms with Gasteiger partial charge in [-0.15, -0.1) is 0 Å². The van der Waals surface area contributed by atoms with Crippen LogP contribution in [0.25, 0.3) is 0 Å². The van der Waals surface area contributed by atoms with Crippen LogP contribution in [0.5, 0.6) is 0 Å². The monoisotopic (exact) mass is 172 g/mol. The maximum absolute atomic E-state index is 11.6. The quantitative estimate of drug-likeness (QED) is 0.592. The molecular weight excluding hydrogens is 159 g/mol. The molecule has 1 aromatic rings. The van der Waals surface area contributed by atoms with Gasteiger partial charge in [0, 0.05) is 13.2 Å². The van der Waals surface area contributed by atoms with Crippen molar-refractivity contribution in [2.24, 2.45) is 7.05 Å². The second-order valence-electron chi connectivity index (χ2n) is 3.16. The van der Waals surface area contributed by atoms with Crippen molar-refractivity contribution < 1.29 is 4.57 Å². The molecule has 0 aliphatic heterocycles. The molecule has 0 atom stereocenters. The topological polar surface area (TPSA) is 34.9 Å². The number of hydrogen-bond donors (Lipinski definition) is 0. The van der Waals surface area contributed by atoms with Crippen LogP contribution in [0.2, 0.25) is 0 Å². The Bertz CT molecular complexity index is 310. The van der Waals surface area contributed by atoms with E-state index < -0.39 is 7.14 Å². The Hall–Kier alpha value is -0.560. The number of nitrogens with zero attached hydrogens (tertiary/aromatic N) is 2. The third kappa shape index (κ3) is 1.72. The molecule has 0 aliphatic rings. The lowest BCUT2D eigenvalue weighted by molar-refractivity contribution is 0.587. The molecule has 0 spiro atoms. The Morgan fingerprint density at radius 3 is 2.27 bits per heavy atom. The standard InChI is InChI=1S/C7H13N2OP/c1-6-5-9(2)8-7(6)11(3,4)10/h5H,1-4H3. The van der Waals surface area contributed by atoms with Gasteiger partial charge < -0.3 is 4.57 Å². The second-order valence-corrected chi connectivity index (χ2v) is 6.29. The maximum Gasteiger partial charge on any atom is 0.129 e. The molecule has 3 nitrogen and oxygen atoms in total. The lowest BCUT2D eigenvalue weighted by Gasteiger charge is -2.01. The fraction of sp³-hybridized carbons (Fsp3) is 0.571.